The molecule has 0 bridgehead atoms. The summed E-state index contributed by atoms with van der Waals surface area (Å²) in [6, 6.07) is 18.9. The van der Waals surface area contributed by atoms with Crippen LogP contribution in [0.1, 0.15) is 11.1 Å². The first-order valence-corrected chi connectivity index (χ1v) is 8.34. The zero-order chi connectivity index (χ0) is 18.4. The van der Waals surface area contributed by atoms with Crippen LogP contribution in [0.4, 0.5) is 5.82 Å². The first kappa shape index (κ1) is 17.4. The second-order valence-corrected chi connectivity index (χ2v) is 5.90. The third-order valence-electron chi connectivity index (χ3n) is 3.91. The monoisotopic (exact) mass is 348 g/mol. The van der Waals surface area contributed by atoms with Crippen molar-refractivity contribution in [1.82, 2.24) is 15.1 Å². The molecule has 0 aliphatic rings. The number of nitrogens with one attached hydrogen (secondary N) is 2. The Bertz CT molecular complexity index is 903. The molecule has 3 rings (SSSR count). The van der Waals surface area contributed by atoms with E-state index in [2.05, 4.69) is 15.7 Å². The molecule has 0 atom stereocenters. The van der Waals surface area contributed by atoms with Crippen molar-refractivity contribution < 1.29 is 9.59 Å². The van der Waals surface area contributed by atoms with Crippen molar-refractivity contribution in [3.05, 3.63) is 78.0 Å². The van der Waals surface area contributed by atoms with E-state index in [-0.39, 0.29) is 24.8 Å². The molecule has 0 fully saturated rings. The molecular weight excluding hydrogens is 328 g/mol. The minimum atomic E-state index is -0.304. The van der Waals surface area contributed by atoms with Crippen molar-refractivity contribution in [2.24, 2.45) is 0 Å². The van der Waals surface area contributed by atoms with E-state index in [1.165, 1.54) is 0 Å². The molecule has 26 heavy (non-hydrogen) atoms. The second kappa shape index (κ2) is 8.11. The summed E-state index contributed by atoms with van der Waals surface area (Å²) in [6.07, 6.45) is 1.87. The zero-order valence-corrected chi connectivity index (χ0v) is 14.5. The first-order valence-electron chi connectivity index (χ1n) is 8.34. The van der Waals surface area contributed by atoms with Gasteiger partial charge < -0.3 is 10.6 Å². The molecule has 1 aromatic heterocycles. The van der Waals surface area contributed by atoms with Crippen molar-refractivity contribution in [3.63, 3.8) is 0 Å². The number of benzene rings is 2. The predicted molar refractivity (Wildman–Crippen MR) is 100 cm³/mol. The lowest BCUT2D eigenvalue weighted by Crippen LogP contribution is -2.34. The molecule has 0 spiro atoms. The molecule has 132 valence electrons. The van der Waals surface area contributed by atoms with Gasteiger partial charge in [0, 0.05) is 6.07 Å². The number of anilines is 1. The van der Waals surface area contributed by atoms with Crippen LogP contribution >= 0.6 is 0 Å². The van der Waals surface area contributed by atoms with Gasteiger partial charge in [0.25, 0.3) is 0 Å². The number of aryl methyl sites for hydroxylation is 1. The van der Waals surface area contributed by atoms with Gasteiger partial charge >= 0.3 is 0 Å². The lowest BCUT2D eigenvalue weighted by Gasteiger charge is -2.11. The zero-order valence-electron chi connectivity index (χ0n) is 14.5. The van der Waals surface area contributed by atoms with Crippen molar-refractivity contribution in [1.29, 1.82) is 0 Å². The number of nitrogens with zero attached hydrogens (tertiary/aromatic N) is 2. The third kappa shape index (κ3) is 4.36. The van der Waals surface area contributed by atoms with E-state index in [0.29, 0.717) is 5.82 Å². The number of carbonyl (C=O) groups is 2. The fourth-order valence-electron chi connectivity index (χ4n) is 2.60. The molecule has 0 saturated heterocycles. The van der Waals surface area contributed by atoms with E-state index < -0.39 is 0 Å². The van der Waals surface area contributed by atoms with Gasteiger partial charge in [-0.25, -0.2) is 4.68 Å². The Morgan fingerprint density at radius 3 is 2.46 bits per heavy atom. The van der Waals surface area contributed by atoms with E-state index in [4.69, 9.17) is 0 Å². The Balaban J connectivity index is 1.57. The topological polar surface area (TPSA) is 76.0 Å². The minimum Gasteiger partial charge on any atom is -0.347 e. The summed E-state index contributed by atoms with van der Waals surface area (Å²) in [4.78, 5) is 24.1. The highest BCUT2D eigenvalue weighted by Crippen LogP contribution is 2.17. The highest BCUT2D eigenvalue weighted by Gasteiger charge is 2.11. The lowest BCUT2D eigenvalue weighted by molar-refractivity contribution is -0.123. The number of amides is 2. The number of hydrogen-bond acceptors (Lipinski definition) is 3. The smallest absolute Gasteiger partial charge is 0.244 e. The Hall–Kier alpha value is -3.41. The summed E-state index contributed by atoms with van der Waals surface area (Å²) in [5.41, 5.74) is 2.84. The normalized spacial score (nSPS) is 10.3. The number of aromatic nitrogens is 2. The van der Waals surface area contributed by atoms with Crippen LogP contribution in [0.2, 0.25) is 0 Å². The molecule has 2 amide bonds. The maximum absolute atomic E-state index is 12.2. The molecule has 0 radical (unpaired) electrons. The van der Waals surface area contributed by atoms with Crippen molar-refractivity contribution in [2.75, 3.05) is 11.9 Å². The van der Waals surface area contributed by atoms with Gasteiger partial charge in [0.1, 0.15) is 5.82 Å². The van der Waals surface area contributed by atoms with Crippen LogP contribution in [0.25, 0.3) is 5.69 Å². The van der Waals surface area contributed by atoms with Gasteiger partial charge in [-0.1, -0.05) is 48.5 Å². The van der Waals surface area contributed by atoms with Crippen LogP contribution in [0, 0.1) is 6.92 Å². The molecule has 6 heteroatoms. The summed E-state index contributed by atoms with van der Waals surface area (Å²) in [7, 11) is 0. The number of carbonyl (C=O) groups excluding carboxylic acids is 2. The average molecular weight is 348 g/mol. The number of hydrogen-bond donors (Lipinski definition) is 2. The van der Waals surface area contributed by atoms with E-state index >= 15 is 0 Å². The molecular formula is C20H20N4O2. The molecule has 2 aromatic carbocycles. The summed E-state index contributed by atoms with van der Waals surface area (Å²) in [6.45, 7) is 1.89. The largest absolute Gasteiger partial charge is 0.347 e. The van der Waals surface area contributed by atoms with Gasteiger partial charge in [0.2, 0.25) is 11.8 Å². The highest BCUT2D eigenvalue weighted by molar-refractivity contribution is 5.94. The molecule has 6 nitrogen and oxygen atoms in total. The Morgan fingerprint density at radius 1 is 0.962 bits per heavy atom. The highest BCUT2D eigenvalue weighted by atomic mass is 16.2. The molecule has 0 unspecified atom stereocenters. The van der Waals surface area contributed by atoms with Crippen molar-refractivity contribution >= 4 is 17.6 Å². The van der Waals surface area contributed by atoms with E-state index in [0.717, 1.165) is 16.8 Å². The number of para-hydroxylation sites is 1. The third-order valence-corrected chi connectivity index (χ3v) is 3.91. The summed E-state index contributed by atoms with van der Waals surface area (Å²) < 4.78 is 1.67. The molecule has 3 aromatic rings. The van der Waals surface area contributed by atoms with E-state index in [9.17, 15) is 9.59 Å². The summed E-state index contributed by atoms with van der Waals surface area (Å²) >= 11 is 0. The van der Waals surface area contributed by atoms with Crippen LogP contribution in [-0.2, 0) is 16.0 Å². The fourth-order valence-corrected chi connectivity index (χ4v) is 2.60. The van der Waals surface area contributed by atoms with Crippen LogP contribution in [0.15, 0.2) is 66.9 Å². The van der Waals surface area contributed by atoms with Crippen LogP contribution < -0.4 is 10.6 Å². The van der Waals surface area contributed by atoms with Gasteiger partial charge in [0.15, 0.2) is 0 Å². The predicted octanol–water partition coefficient (Wildman–Crippen LogP) is 2.48. The SMILES string of the molecule is Cc1ccccc1-n1nccc1NC(=O)CNC(=O)Cc1ccccc1. The first-order chi connectivity index (χ1) is 12.6. The average Bonchev–Trinajstić information content (AvgIpc) is 3.09. The Morgan fingerprint density at radius 2 is 1.69 bits per heavy atom. The molecule has 0 aliphatic heterocycles. The lowest BCUT2D eigenvalue weighted by atomic mass is 10.1. The van der Waals surface area contributed by atoms with Gasteiger partial charge in [-0.3, -0.25) is 9.59 Å². The van der Waals surface area contributed by atoms with Gasteiger partial charge in [-0.2, -0.15) is 5.10 Å². The van der Waals surface area contributed by atoms with E-state index in [1.54, 1.807) is 16.9 Å². The molecule has 0 saturated carbocycles. The summed E-state index contributed by atoms with van der Waals surface area (Å²) in [5.74, 6) is 0.0575. The van der Waals surface area contributed by atoms with Crippen molar-refractivity contribution in [2.45, 2.75) is 13.3 Å². The fraction of sp³-hybridized carbons (Fsp3) is 0.150. The minimum absolute atomic E-state index is 0.0926. The van der Waals surface area contributed by atoms with Gasteiger partial charge in [0.05, 0.1) is 24.8 Å². The quantitative estimate of drug-likeness (QED) is 0.718. The van der Waals surface area contributed by atoms with Crippen LogP contribution in [0.5, 0.6) is 0 Å². The van der Waals surface area contributed by atoms with Gasteiger partial charge in [-0.15, -0.1) is 0 Å². The standard InChI is InChI=1S/C20H20N4O2/c1-15-7-5-6-10-17(15)24-18(11-12-22-24)23-20(26)14-21-19(25)13-16-8-3-2-4-9-16/h2-12H,13-14H2,1H3,(H,21,25)(H,23,26). The maximum atomic E-state index is 12.2. The molecule has 0 aliphatic carbocycles. The van der Waals surface area contributed by atoms with E-state index in [1.807, 2.05) is 61.5 Å². The number of rotatable bonds is 6. The van der Waals surface area contributed by atoms with Crippen LogP contribution in [-0.4, -0.2) is 28.1 Å². The Kier molecular flexibility index (Phi) is 5.43. The molecule has 2 N–H and O–H groups in total. The second-order valence-electron chi connectivity index (χ2n) is 5.90. The summed E-state index contributed by atoms with van der Waals surface area (Å²) in [5, 5.41) is 9.68. The van der Waals surface area contributed by atoms with Crippen molar-refractivity contribution in [3.8, 4) is 5.69 Å². The van der Waals surface area contributed by atoms with Crippen LogP contribution in [0.3, 0.4) is 0 Å². The Labute approximate surface area is 151 Å². The van der Waals surface area contributed by atoms with Gasteiger partial charge in [-0.05, 0) is 24.1 Å². The maximum Gasteiger partial charge on any atom is 0.244 e. The molecule has 1 heterocycles.